The van der Waals surface area contributed by atoms with E-state index in [1.54, 1.807) is 11.3 Å². The predicted octanol–water partition coefficient (Wildman–Crippen LogP) is -0.267. The van der Waals surface area contributed by atoms with Gasteiger partial charge in [0.25, 0.3) is 11.7 Å². The van der Waals surface area contributed by atoms with Crippen molar-refractivity contribution in [3.05, 3.63) is 36.0 Å². The molecule has 19 heavy (non-hydrogen) atoms. The number of nitrogens with zero attached hydrogens (tertiary/aromatic N) is 6. The van der Waals surface area contributed by atoms with E-state index in [1.807, 2.05) is 24.4 Å². The molecule has 0 saturated heterocycles. The van der Waals surface area contributed by atoms with E-state index in [2.05, 4.69) is 36.1 Å². The van der Waals surface area contributed by atoms with Gasteiger partial charge in [-0.15, -0.1) is 20.4 Å². The molecule has 9 heteroatoms. The van der Waals surface area contributed by atoms with Gasteiger partial charge in [-0.25, -0.2) is 0 Å². The highest BCUT2D eigenvalue weighted by Crippen LogP contribution is 2.11. The predicted molar refractivity (Wildman–Crippen MR) is 63.0 cm³/mol. The number of amides is 1. The van der Waals surface area contributed by atoms with E-state index >= 15 is 0 Å². The van der Waals surface area contributed by atoms with Crippen LogP contribution in [0.1, 0.15) is 29.4 Å². The Labute approximate surface area is 107 Å². The van der Waals surface area contributed by atoms with Crippen molar-refractivity contribution in [2.24, 2.45) is 0 Å². The molecule has 3 aromatic rings. The number of carbonyl (C=O) groups is 1. The summed E-state index contributed by atoms with van der Waals surface area (Å²) in [6.45, 7) is 1.81. The average Bonchev–Trinajstić information content (AvgIpc) is 3.08. The molecular weight excluding hydrogens is 248 g/mol. The van der Waals surface area contributed by atoms with Gasteiger partial charge in [0.2, 0.25) is 0 Å². The molecule has 0 radical (unpaired) electrons. The van der Waals surface area contributed by atoms with Gasteiger partial charge in [0.1, 0.15) is 0 Å². The zero-order valence-electron chi connectivity index (χ0n) is 9.98. The summed E-state index contributed by atoms with van der Waals surface area (Å²) in [5.41, 5.74) is 0.721. The van der Waals surface area contributed by atoms with Gasteiger partial charge >= 0.3 is 0 Å². The number of pyridine rings is 1. The lowest BCUT2D eigenvalue weighted by Crippen LogP contribution is -2.28. The Morgan fingerprint density at radius 2 is 2.26 bits per heavy atom. The van der Waals surface area contributed by atoms with Gasteiger partial charge in [-0.3, -0.25) is 9.20 Å². The second-order valence-corrected chi connectivity index (χ2v) is 3.92. The third-order valence-corrected chi connectivity index (χ3v) is 2.62. The molecule has 96 valence electrons. The first-order chi connectivity index (χ1) is 9.25. The fourth-order valence-corrected chi connectivity index (χ4v) is 1.74. The first-order valence-corrected chi connectivity index (χ1v) is 5.59. The third kappa shape index (κ3) is 2.01. The van der Waals surface area contributed by atoms with Gasteiger partial charge in [-0.2, -0.15) is 5.21 Å². The Morgan fingerprint density at radius 3 is 3.05 bits per heavy atom. The number of hydrogen-bond donors (Lipinski definition) is 2. The van der Waals surface area contributed by atoms with E-state index in [-0.39, 0.29) is 11.9 Å². The van der Waals surface area contributed by atoms with Gasteiger partial charge < -0.3 is 5.32 Å². The van der Waals surface area contributed by atoms with Crippen molar-refractivity contribution in [2.45, 2.75) is 13.0 Å². The summed E-state index contributed by atoms with van der Waals surface area (Å²) in [7, 11) is 0. The van der Waals surface area contributed by atoms with Crippen LogP contribution in [0.4, 0.5) is 0 Å². The van der Waals surface area contributed by atoms with Crippen molar-refractivity contribution >= 4 is 11.6 Å². The molecule has 3 heterocycles. The second-order valence-electron chi connectivity index (χ2n) is 3.92. The Morgan fingerprint density at radius 1 is 1.37 bits per heavy atom. The van der Waals surface area contributed by atoms with E-state index in [0.717, 1.165) is 5.65 Å². The number of tetrazole rings is 1. The van der Waals surface area contributed by atoms with Crippen molar-refractivity contribution in [3.63, 3.8) is 0 Å². The molecule has 0 aromatic carbocycles. The molecule has 0 spiro atoms. The maximum atomic E-state index is 11.8. The van der Waals surface area contributed by atoms with Crippen molar-refractivity contribution in [1.29, 1.82) is 0 Å². The lowest BCUT2D eigenvalue weighted by Gasteiger charge is -2.10. The first kappa shape index (κ1) is 11.3. The molecular formula is C10H10N8O. The smallest absolute Gasteiger partial charge is 0.293 e. The monoisotopic (exact) mass is 258 g/mol. The summed E-state index contributed by atoms with van der Waals surface area (Å²) in [6.07, 6.45) is 1.83. The summed E-state index contributed by atoms with van der Waals surface area (Å²) in [5.74, 6) is 0.196. The maximum absolute atomic E-state index is 11.8. The van der Waals surface area contributed by atoms with E-state index in [4.69, 9.17) is 0 Å². The standard InChI is InChI=1S/C10H10N8O/c1-6(11-10(19)8-13-16-17-14-8)9-15-12-7-4-2-3-5-18(7)9/h2-6H,1H3,(H,11,19)(H,13,14,16,17). The SMILES string of the molecule is CC(NC(=O)c1nn[nH]n1)c1nnc2ccccn12. The molecule has 0 aliphatic rings. The minimum absolute atomic E-state index is 0.0133. The molecule has 9 nitrogen and oxygen atoms in total. The number of rotatable bonds is 3. The minimum Gasteiger partial charge on any atom is -0.339 e. The quantitative estimate of drug-likeness (QED) is 0.668. The molecule has 2 N–H and O–H groups in total. The van der Waals surface area contributed by atoms with Crippen LogP contribution in [-0.2, 0) is 0 Å². The summed E-state index contributed by atoms with van der Waals surface area (Å²) in [6, 6.07) is 5.25. The number of H-pyrrole nitrogens is 1. The molecule has 1 amide bonds. The van der Waals surface area contributed by atoms with Gasteiger partial charge in [0, 0.05) is 6.20 Å². The summed E-state index contributed by atoms with van der Waals surface area (Å²) >= 11 is 0. The Hall–Kier alpha value is -2.84. The summed E-state index contributed by atoms with van der Waals surface area (Å²) in [5, 5.41) is 23.6. The van der Waals surface area contributed by atoms with Gasteiger partial charge in [0.15, 0.2) is 11.5 Å². The van der Waals surface area contributed by atoms with Crippen LogP contribution in [0.15, 0.2) is 24.4 Å². The van der Waals surface area contributed by atoms with E-state index in [0.29, 0.717) is 5.82 Å². The number of nitrogens with one attached hydrogen (secondary N) is 2. The minimum atomic E-state index is -0.422. The van der Waals surface area contributed by atoms with Crippen LogP contribution in [0.2, 0.25) is 0 Å². The molecule has 0 fully saturated rings. The molecule has 1 atom stereocenters. The highest BCUT2D eigenvalue weighted by molar-refractivity contribution is 5.90. The fraction of sp³-hybridized carbons (Fsp3) is 0.200. The van der Waals surface area contributed by atoms with Crippen molar-refractivity contribution in [3.8, 4) is 0 Å². The van der Waals surface area contributed by atoms with Crippen LogP contribution in [0.25, 0.3) is 5.65 Å². The van der Waals surface area contributed by atoms with Gasteiger partial charge in [-0.1, -0.05) is 6.07 Å². The normalized spacial score (nSPS) is 12.5. The van der Waals surface area contributed by atoms with E-state index in [1.165, 1.54) is 0 Å². The third-order valence-electron chi connectivity index (χ3n) is 2.62. The van der Waals surface area contributed by atoms with Crippen LogP contribution >= 0.6 is 0 Å². The van der Waals surface area contributed by atoms with Crippen LogP contribution in [0.5, 0.6) is 0 Å². The number of hydrogen-bond acceptors (Lipinski definition) is 6. The van der Waals surface area contributed by atoms with E-state index < -0.39 is 5.91 Å². The van der Waals surface area contributed by atoms with E-state index in [9.17, 15) is 4.79 Å². The zero-order valence-corrected chi connectivity index (χ0v) is 9.98. The topological polar surface area (TPSA) is 114 Å². The molecule has 1 unspecified atom stereocenters. The lowest BCUT2D eigenvalue weighted by molar-refractivity contribution is 0.0927. The summed E-state index contributed by atoms with van der Waals surface area (Å²) in [4.78, 5) is 11.8. The van der Waals surface area contributed by atoms with Gasteiger partial charge in [0.05, 0.1) is 6.04 Å². The van der Waals surface area contributed by atoms with Crippen molar-refractivity contribution in [2.75, 3.05) is 0 Å². The highest BCUT2D eigenvalue weighted by Gasteiger charge is 2.18. The maximum Gasteiger partial charge on any atom is 0.293 e. The molecule has 3 rings (SSSR count). The van der Waals surface area contributed by atoms with Gasteiger partial charge in [-0.05, 0) is 24.3 Å². The lowest BCUT2D eigenvalue weighted by atomic mass is 10.3. The molecule has 0 bridgehead atoms. The highest BCUT2D eigenvalue weighted by atomic mass is 16.2. The summed E-state index contributed by atoms with van der Waals surface area (Å²) < 4.78 is 1.81. The Bertz CT molecular complexity index is 703. The Kier molecular flexibility index (Phi) is 2.63. The van der Waals surface area contributed by atoms with Crippen LogP contribution in [-0.4, -0.2) is 41.1 Å². The fourth-order valence-electron chi connectivity index (χ4n) is 1.74. The number of carbonyl (C=O) groups excluding carboxylic acids is 1. The largest absolute Gasteiger partial charge is 0.339 e. The molecule has 0 aliphatic carbocycles. The Balaban J connectivity index is 1.84. The first-order valence-electron chi connectivity index (χ1n) is 5.59. The van der Waals surface area contributed by atoms with Crippen molar-refractivity contribution in [1.82, 2.24) is 40.5 Å². The zero-order chi connectivity index (χ0) is 13.2. The number of aromatic nitrogens is 7. The number of aromatic amines is 1. The average molecular weight is 258 g/mol. The van der Waals surface area contributed by atoms with Crippen LogP contribution < -0.4 is 5.32 Å². The molecule has 0 aliphatic heterocycles. The second kappa shape index (κ2) is 4.44. The van der Waals surface area contributed by atoms with Crippen molar-refractivity contribution < 1.29 is 4.79 Å². The molecule has 0 saturated carbocycles. The van der Waals surface area contributed by atoms with Crippen LogP contribution in [0, 0.1) is 0 Å². The van der Waals surface area contributed by atoms with Crippen LogP contribution in [0.3, 0.4) is 0 Å². The number of fused-ring (bicyclic) bond motifs is 1. The molecule has 3 aromatic heterocycles.